The van der Waals surface area contributed by atoms with E-state index in [9.17, 15) is 12.3 Å². The highest BCUT2D eigenvalue weighted by Gasteiger charge is 2.13. The van der Waals surface area contributed by atoms with E-state index in [2.05, 4.69) is 0 Å². The highest BCUT2D eigenvalue weighted by molar-refractivity contribution is 14.1. The maximum Gasteiger partial charge on any atom is 0.336 e. The molecule has 0 spiro atoms. The smallest absolute Gasteiger partial charge is 0.336 e. The first-order valence-electron chi connectivity index (χ1n) is 4.36. The number of fused-ring (bicyclic) bond motifs is 1. The number of carbonyl (C=O) groups is 1. The van der Waals surface area contributed by atoms with Gasteiger partial charge in [-0.25, -0.2) is 9.18 Å². The maximum absolute atomic E-state index is 13.4. The summed E-state index contributed by atoms with van der Waals surface area (Å²) in [5.41, 5.74) is -0.0131. The quantitative estimate of drug-likeness (QED) is 0.860. The Balaban J connectivity index is 2.85. The molecular formula is C11H6FIO3. The van der Waals surface area contributed by atoms with Crippen LogP contribution in [0.2, 0.25) is 0 Å². The highest BCUT2D eigenvalue weighted by atomic mass is 127. The van der Waals surface area contributed by atoms with Crippen LogP contribution in [0.25, 0.3) is 10.8 Å². The SMILES string of the molecule is O=Ic1cc2c(F)cccc2cc1C(=O)O. The largest absolute Gasteiger partial charge is 0.478 e. The number of carboxylic acid groups (broad SMARTS) is 1. The van der Waals surface area contributed by atoms with Gasteiger partial charge in [0.25, 0.3) is 0 Å². The molecule has 2 rings (SSSR count). The molecule has 0 saturated heterocycles. The van der Waals surface area contributed by atoms with Crippen molar-refractivity contribution >= 4 is 37.9 Å². The van der Waals surface area contributed by atoms with Gasteiger partial charge in [0.2, 0.25) is 0 Å². The van der Waals surface area contributed by atoms with Gasteiger partial charge in [0.1, 0.15) is 5.82 Å². The van der Waals surface area contributed by atoms with Crippen LogP contribution < -0.4 is 0 Å². The molecule has 82 valence electrons. The van der Waals surface area contributed by atoms with Crippen molar-refractivity contribution < 1.29 is 17.4 Å². The molecule has 0 aliphatic carbocycles. The van der Waals surface area contributed by atoms with Crippen LogP contribution in [-0.2, 0) is 3.07 Å². The molecule has 0 aliphatic heterocycles. The molecule has 2 aromatic carbocycles. The van der Waals surface area contributed by atoms with Crippen LogP contribution >= 0.6 is 21.2 Å². The molecule has 16 heavy (non-hydrogen) atoms. The second-order valence-corrected chi connectivity index (χ2v) is 4.78. The van der Waals surface area contributed by atoms with Gasteiger partial charge >= 0.3 is 5.97 Å². The number of hydrogen-bond donors (Lipinski definition) is 1. The van der Waals surface area contributed by atoms with Gasteiger partial charge in [-0.3, -0.25) is 3.07 Å². The number of benzene rings is 2. The molecule has 5 heteroatoms. The molecule has 0 saturated carbocycles. The Morgan fingerprint density at radius 1 is 1.31 bits per heavy atom. The van der Waals surface area contributed by atoms with Crippen LogP contribution in [0.4, 0.5) is 4.39 Å². The zero-order chi connectivity index (χ0) is 11.7. The lowest BCUT2D eigenvalue weighted by Gasteiger charge is -2.03. The van der Waals surface area contributed by atoms with E-state index in [1.54, 1.807) is 6.07 Å². The molecule has 0 aliphatic rings. The predicted molar refractivity (Wildman–Crippen MR) is 64.3 cm³/mol. The summed E-state index contributed by atoms with van der Waals surface area (Å²) in [7, 11) is 0. The van der Waals surface area contributed by atoms with Crippen molar-refractivity contribution in [2.75, 3.05) is 0 Å². The number of rotatable bonds is 2. The first-order valence-corrected chi connectivity index (χ1v) is 6.32. The molecule has 1 N–H and O–H groups in total. The summed E-state index contributed by atoms with van der Waals surface area (Å²) in [6.07, 6.45) is 0. The second-order valence-electron chi connectivity index (χ2n) is 3.18. The van der Waals surface area contributed by atoms with E-state index < -0.39 is 33.0 Å². The van der Waals surface area contributed by atoms with Crippen LogP contribution in [0.5, 0.6) is 0 Å². The van der Waals surface area contributed by atoms with Crippen molar-refractivity contribution in [1.29, 1.82) is 0 Å². The molecule has 2 aromatic rings. The van der Waals surface area contributed by atoms with Crippen LogP contribution in [-0.4, -0.2) is 11.1 Å². The number of carboxylic acids is 1. The lowest BCUT2D eigenvalue weighted by Crippen LogP contribution is -2.00. The third-order valence-corrected chi connectivity index (χ3v) is 3.60. The fourth-order valence-electron chi connectivity index (χ4n) is 1.49. The molecule has 0 amide bonds. The van der Waals surface area contributed by atoms with Crippen LogP contribution in [0.3, 0.4) is 0 Å². The Morgan fingerprint density at radius 3 is 2.69 bits per heavy atom. The number of aromatic carboxylic acids is 1. The zero-order valence-electron chi connectivity index (χ0n) is 7.91. The molecular weight excluding hydrogens is 326 g/mol. The monoisotopic (exact) mass is 332 g/mol. The van der Waals surface area contributed by atoms with Crippen LogP contribution in [0.1, 0.15) is 10.4 Å². The molecule has 0 unspecified atom stereocenters. The minimum atomic E-state index is -1.63. The minimum Gasteiger partial charge on any atom is -0.478 e. The van der Waals surface area contributed by atoms with Crippen molar-refractivity contribution in [3.8, 4) is 0 Å². The average molecular weight is 332 g/mol. The second kappa shape index (κ2) is 4.25. The van der Waals surface area contributed by atoms with Crippen molar-refractivity contribution in [3.63, 3.8) is 0 Å². The topological polar surface area (TPSA) is 54.4 Å². The fraction of sp³-hybridized carbons (Fsp3) is 0. The molecule has 0 fully saturated rings. The summed E-state index contributed by atoms with van der Waals surface area (Å²) < 4.78 is 24.5. The first-order chi connectivity index (χ1) is 7.63. The molecule has 0 radical (unpaired) electrons. The third-order valence-electron chi connectivity index (χ3n) is 2.23. The van der Waals surface area contributed by atoms with E-state index >= 15 is 0 Å². The Kier molecular flexibility index (Phi) is 2.95. The van der Waals surface area contributed by atoms with Gasteiger partial charge in [0.05, 0.1) is 9.13 Å². The van der Waals surface area contributed by atoms with Crippen molar-refractivity contribution in [2.45, 2.75) is 0 Å². The normalized spacial score (nSPS) is 10.6. The lowest BCUT2D eigenvalue weighted by molar-refractivity contribution is 0.0696. The summed E-state index contributed by atoms with van der Waals surface area (Å²) >= 11 is -1.63. The summed E-state index contributed by atoms with van der Waals surface area (Å²) in [6, 6.07) is 7.13. The zero-order valence-corrected chi connectivity index (χ0v) is 10.1. The molecule has 0 aromatic heterocycles. The van der Waals surface area contributed by atoms with Gasteiger partial charge in [-0.1, -0.05) is 12.1 Å². The van der Waals surface area contributed by atoms with Gasteiger partial charge in [-0.05, 0) is 23.6 Å². The summed E-state index contributed by atoms with van der Waals surface area (Å²) in [6.45, 7) is 0. The van der Waals surface area contributed by atoms with E-state index in [1.165, 1.54) is 24.3 Å². The predicted octanol–water partition coefficient (Wildman–Crippen LogP) is 3.16. The van der Waals surface area contributed by atoms with E-state index in [0.29, 0.717) is 10.8 Å². The van der Waals surface area contributed by atoms with E-state index in [4.69, 9.17) is 5.11 Å². The van der Waals surface area contributed by atoms with Gasteiger partial charge < -0.3 is 5.11 Å². The summed E-state index contributed by atoms with van der Waals surface area (Å²) in [5.74, 6) is -1.58. The standard InChI is InChI=1S/C11H6FIO3/c12-9-3-1-2-6-4-8(11(14)15)10(13-16)5-7(6)9/h1-5H,(H,14,15). The Morgan fingerprint density at radius 2 is 2.06 bits per heavy atom. The van der Waals surface area contributed by atoms with E-state index in [0.717, 1.165) is 0 Å². The number of halogens is 2. The van der Waals surface area contributed by atoms with E-state index in [-0.39, 0.29) is 9.13 Å². The molecule has 0 heterocycles. The van der Waals surface area contributed by atoms with Crippen molar-refractivity contribution in [1.82, 2.24) is 0 Å². The first kappa shape index (κ1) is 11.1. The Hall–Kier alpha value is -1.37. The Labute approximate surface area is 101 Å². The summed E-state index contributed by atoms with van der Waals surface area (Å²) in [5, 5.41) is 9.71. The summed E-state index contributed by atoms with van der Waals surface area (Å²) in [4.78, 5) is 10.9. The molecule has 3 nitrogen and oxygen atoms in total. The van der Waals surface area contributed by atoms with Gasteiger partial charge in [0.15, 0.2) is 21.2 Å². The maximum atomic E-state index is 13.4. The Bertz CT molecular complexity index is 595. The van der Waals surface area contributed by atoms with Gasteiger partial charge in [-0.2, -0.15) is 0 Å². The number of hydrogen-bond acceptors (Lipinski definition) is 2. The molecule has 0 bridgehead atoms. The van der Waals surface area contributed by atoms with Crippen molar-refractivity contribution in [3.05, 3.63) is 45.3 Å². The fourth-order valence-corrected chi connectivity index (χ4v) is 2.55. The molecule has 0 atom stereocenters. The van der Waals surface area contributed by atoms with Crippen LogP contribution in [0.15, 0.2) is 30.3 Å². The average Bonchev–Trinajstić information content (AvgIpc) is 2.28. The van der Waals surface area contributed by atoms with Crippen molar-refractivity contribution in [2.24, 2.45) is 0 Å². The lowest BCUT2D eigenvalue weighted by atomic mass is 10.1. The van der Waals surface area contributed by atoms with Gasteiger partial charge in [0, 0.05) is 5.39 Å². The van der Waals surface area contributed by atoms with Gasteiger partial charge in [-0.15, -0.1) is 0 Å². The highest BCUT2D eigenvalue weighted by Crippen LogP contribution is 2.25. The third kappa shape index (κ3) is 1.82. The minimum absolute atomic E-state index is 0.0131. The van der Waals surface area contributed by atoms with Crippen LogP contribution in [0, 0.1) is 9.39 Å². The van der Waals surface area contributed by atoms with E-state index in [1.807, 2.05) is 0 Å².